The average Bonchev–Trinajstić information content (AvgIpc) is 3.42. The number of nitrogens with two attached hydrogens (primary N) is 2. The first-order valence-electron chi connectivity index (χ1n) is 11.0. The van der Waals surface area contributed by atoms with Gasteiger partial charge in [0.25, 0.3) is 5.91 Å². The maximum atomic E-state index is 12.3. The minimum atomic E-state index is -0.599. The lowest BCUT2D eigenvalue weighted by Gasteiger charge is -2.32. The molecule has 174 valence electrons. The molecular weight excluding hydrogens is 450 g/mol. The van der Waals surface area contributed by atoms with Gasteiger partial charge in [0.2, 0.25) is 0 Å². The molecule has 0 aromatic carbocycles. The standard InChI is InChI=1S/C24H25N7O2S/c1-30-7-9-31(10-8-30)6-5-28-23-15(13-25)11-16-19(21(22(27)32)34-24(16)29-23)20-17(26)12-14-3-2-4-18(14)33-20/h2-4,11-12H,5-10,26H2,1H3,(H2,27,32)(H,28,29). The van der Waals surface area contributed by atoms with Crippen LogP contribution in [-0.4, -0.2) is 67.0 Å². The highest BCUT2D eigenvalue weighted by Gasteiger charge is 2.25. The van der Waals surface area contributed by atoms with E-state index in [0.717, 1.165) is 38.3 Å². The van der Waals surface area contributed by atoms with E-state index in [2.05, 4.69) is 33.2 Å². The Kier molecular flexibility index (Phi) is 5.83. The molecule has 2 aromatic heterocycles. The van der Waals surface area contributed by atoms with Crippen molar-refractivity contribution in [1.29, 1.82) is 5.26 Å². The Morgan fingerprint density at radius 2 is 2.09 bits per heavy atom. The van der Waals surface area contributed by atoms with E-state index in [4.69, 9.17) is 15.9 Å². The van der Waals surface area contributed by atoms with Crippen LogP contribution >= 0.6 is 11.3 Å². The van der Waals surface area contributed by atoms with Gasteiger partial charge in [-0.15, -0.1) is 11.3 Å². The molecule has 0 atom stereocenters. The zero-order chi connectivity index (χ0) is 23.8. The second-order valence-electron chi connectivity index (χ2n) is 8.47. The van der Waals surface area contributed by atoms with E-state index in [1.54, 1.807) is 12.1 Å². The summed E-state index contributed by atoms with van der Waals surface area (Å²) >= 11 is 1.17. The van der Waals surface area contributed by atoms with Crippen molar-refractivity contribution < 1.29 is 9.21 Å². The van der Waals surface area contributed by atoms with Crippen LogP contribution in [0, 0.1) is 11.3 Å². The number of rotatable bonds is 6. The van der Waals surface area contributed by atoms with Crippen molar-refractivity contribution in [2.75, 3.05) is 57.4 Å². The van der Waals surface area contributed by atoms with Crippen molar-refractivity contribution in [2.24, 2.45) is 5.73 Å². The van der Waals surface area contributed by atoms with Gasteiger partial charge >= 0.3 is 0 Å². The molecule has 0 bridgehead atoms. The van der Waals surface area contributed by atoms with E-state index in [1.807, 2.05) is 18.2 Å². The Balaban J connectivity index is 1.51. The summed E-state index contributed by atoms with van der Waals surface area (Å²) in [7, 11) is 2.13. The number of pyridine rings is 1. The molecular formula is C24H25N7O2S. The lowest BCUT2D eigenvalue weighted by atomic mass is 10.0. The van der Waals surface area contributed by atoms with Gasteiger partial charge in [-0.3, -0.25) is 9.69 Å². The number of fused-ring (bicyclic) bond motifs is 2. The van der Waals surface area contributed by atoms with Gasteiger partial charge in [0.1, 0.15) is 27.4 Å². The van der Waals surface area contributed by atoms with Gasteiger partial charge in [-0.1, -0.05) is 12.1 Å². The molecule has 1 saturated heterocycles. The number of carbonyl (C=O) groups is 1. The second-order valence-corrected chi connectivity index (χ2v) is 9.47. The Morgan fingerprint density at radius 3 is 2.82 bits per heavy atom. The van der Waals surface area contributed by atoms with Crippen LogP contribution in [0.2, 0.25) is 0 Å². The fourth-order valence-corrected chi connectivity index (χ4v) is 5.28. The number of nitrogens with one attached hydrogen (secondary N) is 1. The number of hydrogen-bond donors (Lipinski definition) is 3. The first-order valence-corrected chi connectivity index (χ1v) is 11.9. The molecule has 3 aliphatic rings. The molecule has 5 rings (SSSR count). The molecule has 0 radical (unpaired) electrons. The number of hydrogen-bond acceptors (Lipinski definition) is 9. The van der Waals surface area contributed by atoms with Crippen LogP contribution in [0.25, 0.3) is 32.9 Å². The predicted octanol–water partition coefficient (Wildman–Crippen LogP) is 2.87. The van der Waals surface area contributed by atoms with Crippen molar-refractivity contribution in [3.63, 3.8) is 0 Å². The number of carbonyl (C=O) groups excluding carboxylic acids is 1. The maximum Gasteiger partial charge on any atom is 0.259 e. The summed E-state index contributed by atoms with van der Waals surface area (Å²) in [5.74, 6) is 0.887. The fourth-order valence-electron chi connectivity index (χ4n) is 4.27. The van der Waals surface area contributed by atoms with Gasteiger partial charge in [0, 0.05) is 50.2 Å². The van der Waals surface area contributed by atoms with Crippen LogP contribution < -0.4 is 16.8 Å². The third kappa shape index (κ3) is 4.05. The zero-order valence-corrected chi connectivity index (χ0v) is 19.6. The Labute approximate surface area is 200 Å². The average molecular weight is 476 g/mol. The first-order chi connectivity index (χ1) is 16.4. The van der Waals surface area contributed by atoms with Crippen molar-refractivity contribution in [3.8, 4) is 28.7 Å². The molecule has 9 nitrogen and oxygen atoms in total. The SMILES string of the molecule is CN1CCN(CCNc2nc3sc(C(N)=O)c(-c4oc5cccc-5cc4N)c3cc2C#N)CC1. The predicted molar refractivity (Wildman–Crippen MR) is 134 cm³/mol. The summed E-state index contributed by atoms with van der Waals surface area (Å²) in [5, 5.41) is 13.7. The number of nitrogens with zero attached hydrogens (tertiary/aromatic N) is 4. The van der Waals surface area contributed by atoms with E-state index < -0.39 is 5.91 Å². The van der Waals surface area contributed by atoms with E-state index in [-0.39, 0.29) is 0 Å². The number of nitriles is 1. The van der Waals surface area contributed by atoms with Crippen LogP contribution in [0.3, 0.4) is 0 Å². The van der Waals surface area contributed by atoms with Crippen LogP contribution in [0.5, 0.6) is 0 Å². The molecule has 5 N–H and O–H groups in total. The number of piperazine rings is 1. The number of amides is 1. The van der Waals surface area contributed by atoms with E-state index in [9.17, 15) is 10.1 Å². The minimum Gasteiger partial charge on any atom is -0.454 e. The minimum absolute atomic E-state index is 0.294. The number of nitrogen functional groups attached to an aromatic ring is 1. The lowest BCUT2D eigenvalue weighted by molar-refractivity contribution is 0.100. The largest absolute Gasteiger partial charge is 0.454 e. The van der Waals surface area contributed by atoms with Crippen LogP contribution in [0.4, 0.5) is 11.5 Å². The van der Waals surface area contributed by atoms with Crippen molar-refractivity contribution in [1.82, 2.24) is 14.8 Å². The van der Waals surface area contributed by atoms with Gasteiger partial charge in [-0.05, 0) is 25.2 Å². The van der Waals surface area contributed by atoms with Crippen molar-refractivity contribution >= 4 is 39.0 Å². The monoisotopic (exact) mass is 475 g/mol. The van der Waals surface area contributed by atoms with Crippen LogP contribution in [0.15, 0.2) is 34.7 Å². The fraction of sp³-hybridized carbons (Fsp3) is 0.292. The first kappa shape index (κ1) is 22.2. The second kappa shape index (κ2) is 8.95. The summed E-state index contributed by atoms with van der Waals surface area (Å²) in [5.41, 5.74) is 14.1. The van der Waals surface area contributed by atoms with E-state index in [1.165, 1.54) is 11.3 Å². The molecule has 0 spiro atoms. The number of thiophene rings is 1. The quantitative estimate of drug-likeness (QED) is 0.387. The van der Waals surface area contributed by atoms with Crippen LogP contribution in [0.1, 0.15) is 15.2 Å². The maximum absolute atomic E-state index is 12.3. The number of aromatic nitrogens is 1. The molecule has 0 unspecified atom stereocenters. The summed E-state index contributed by atoms with van der Waals surface area (Å²) in [6, 6.07) is 11.3. The van der Waals surface area contributed by atoms with E-state index in [0.29, 0.717) is 55.8 Å². The molecule has 0 saturated carbocycles. The summed E-state index contributed by atoms with van der Waals surface area (Å²) in [6.07, 6.45) is 0. The molecule has 4 heterocycles. The molecule has 2 aliphatic heterocycles. The highest BCUT2D eigenvalue weighted by atomic mass is 32.1. The molecule has 10 heteroatoms. The Morgan fingerprint density at radius 1 is 1.29 bits per heavy atom. The molecule has 2 aromatic rings. The van der Waals surface area contributed by atoms with Crippen molar-refractivity contribution in [3.05, 3.63) is 40.8 Å². The number of likely N-dealkylation sites (N-methyl/N-ethyl adjacent to an activating group) is 1. The third-order valence-corrected chi connectivity index (χ3v) is 7.28. The summed E-state index contributed by atoms with van der Waals surface area (Å²) < 4.78 is 6.06. The van der Waals surface area contributed by atoms with Crippen LogP contribution in [-0.2, 0) is 0 Å². The smallest absolute Gasteiger partial charge is 0.259 e. The van der Waals surface area contributed by atoms with Gasteiger partial charge < -0.3 is 26.1 Å². The molecule has 1 fully saturated rings. The highest BCUT2D eigenvalue weighted by molar-refractivity contribution is 7.21. The number of anilines is 2. The van der Waals surface area contributed by atoms with Crippen molar-refractivity contribution in [2.45, 2.75) is 0 Å². The Hall–Kier alpha value is -3.65. The van der Waals surface area contributed by atoms with E-state index >= 15 is 0 Å². The molecule has 1 aliphatic carbocycles. The molecule has 34 heavy (non-hydrogen) atoms. The van der Waals surface area contributed by atoms with Gasteiger partial charge in [0.15, 0.2) is 5.76 Å². The number of primary amides is 1. The summed E-state index contributed by atoms with van der Waals surface area (Å²) in [6.45, 7) is 5.65. The lowest BCUT2D eigenvalue weighted by Crippen LogP contribution is -2.45. The Bertz CT molecular complexity index is 1380. The molecule has 1 amide bonds. The zero-order valence-electron chi connectivity index (χ0n) is 18.8. The topological polar surface area (TPSA) is 137 Å². The van der Waals surface area contributed by atoms with Gasteiger partial charge in [0.05, 0.1) is 16.8 Å². The summed E-state index contributed by atoms with van der Waals surface area (Å²) in [4.78, 5) is 22.6. The third-order valence-electron chi connectivity index (χ3n) is 6.16. The van der Waals surface area contributed by atoms with Gasteiger partial charge in [-0.25, -0.2) is 4.98 Å². The normalized spacial score (nSPS) is 15.1. The van der Waals surface area contributed by atoms with Gasteiger partial charge in [-0.2, -0.15) is 5.26 Å². The highest BCUT2D eigenvalue weighted by Crippen LogP contribution is 2.43.